The molecule has 0 aromatic carbocycles. The fourth-order valence-electron chi connectivity index (χ4n) is 1.52. The Labute approximate surface area is 95.3 Å². The molecule has 1 unspecified atom stereocenters. The van der Waals surface area contributed by atoms with Crippen molar-refractivity contribution in [2.24, 2.45) is 10.9 Å². The van der Waals surface area contributed by atoms with Crippen molar-refractivity contribution in [3.63, 3.8) is 0 Å². The van der Waals surface area contributed by atoms with Gasteiger partial charge in [-0.1, -0.05) is 19.9 Å². The monoisotopic (exact) mass is 220 g/mol. The number of hydrogen-bond acceptors (Lipinski definition) is 4. The Bertz CT molecular complexity index is 402. The van der Waals surface area contributed by atoms with Crippen molar-refractivity contribution in [1.29, 1.82) is 0 Å². The predicted molar refractivity (Wildman–Crippen MR) is 61.9 cm³/mol. The Kier molecular flexibility index (Phi) is 3.08. The first-order chi connectivity index (χ1) is 7.70. The molecule has 0 saturated heterocycles. The zero-order valence-electron chi connectivity index (χ0n) is 9.80. The van der Waals surface area contributed by atoms with Crippen LogP contribution < -0.4 is 4.74 Å². The lowest BCUT2D eigenvalue weighted by Gasteiger charge is -2.06. The van der Waals surface area contributed by atoms with Crippen LogP contribution in [0.3, 0.4) is 0 Å². The van der Waals surface area contributed by atoms with Gasteiger partial charge in [-0.2, -0.15) is 0 Å². The van der Waals surface area contributed by atoms with E-state index in [9.17, 15) is 0 Å². The summed E-state index contributed by atoms with van der Waals surface area (Å²) in [6, 6.07) is 5.81. The molecule has 0 bridgehead atoms. The van der Waals surface area contributed by atoms with E-state index in [2.05, 4.69) is 23.8 Å². The fourth-order valence-corrected chi connectivity index (χ4v) is 1.52. The van der Waals surface area contributed by atoms with Crippen molar-refractivity contribution in [2.45, 2.75) is 19.9 Å². The van der Waals surface area contributed by atoms with E-state index in [1.165, 1.54) is 0 Å². The van der Waals surface area contributed by atoms with Gasteiger partial charge in [0, 0.05) is 6.07 Å². The van der Waals surface area contributed by atoms with Crippen LogP contribution in [0.15, 0.2) is 23.2 Å². The number of hydrogen-bond donors (Lipinski definition) is 0. The Morgan fingerprint density at radius 2 is 2.25 bits per heavy atom. The zero-order valence-corrected chi connectivity index (χ0v) is 9.80. The van der Waals surface area contributed by atoms with Crippen LogP contribution in [0.2, 0.25) is 0 Å². The molecule has 2 heterocycles. The molecule has 0 spiro atoms. The van der Waals surface area contributed by atoms with E-state index >= 15 is 0 Å². The molecule has 16 heavy (non-hydrogen) atoms. The molecule has 1 atom stereocenters. The minimum Gasteiger partial charge on any atom is -0.481 e. The normalized spacial score (nSPS) is 19.5. The molecule has 1 aromatic heterocycles. The largest absolute Gasteiger partial charge is 0.481 e. The quantitative estimate of drug-likeness (QED) is 0.781. The third kappa shape index (κ3) is 2.15. The van der Waals surface area contributed by atoms with E-state index in [0.717, 1.165) is 5.69 Å². The summed E-state index contributed by atoms with van der Waals surface area (Å²) in [6.45, 7) is 4.92. The summed E-state index contributed by atoms with van der Waals surface area (Å²) < 4.78 is 10.6. The van der Waals surface area contributed by atoms with Gasteiger partial charge in [-0.05, 0) is 12.0 Å². The van der Waals surface area contributed by atoms with Crippen LogP contribution in [-0.2, 0) is 4.74 Å². The highest BCUT2D eigenvalue weighted by Gasteiger charge is 2.23. The molecule has 86 valence electrons. The summed E-state index contributed by atoms with van der Waals surface area (Å²) in [4.78, 5) is 8.80. The molecule has 4 heteroatoms. The molecule has 2 rings (SSSR count). The second-order valence-corrected chi connectivity index (χ2v) is 4.12. The van der Waals surface area contributed by atoms with Crippen molar-refractivity contribution in [3.8, 4) is 5.88 Å². The van der Waals surface area contributed by atoms with Crippen LogP contribution in [-0.4, -0.2) is 30.6 Å². The van der Waals surface area contributed by atoms with Crippen molar-refractivity contribution in [1.82, 2.24) is 4.98 Å². The zero-order chi connectivity index (χ0) is 11.5. The second-order valence-electron chi connectivity index (χ2n) is 4.12. The van der Waals surface area contributed by atoms with Crippen LogP contribution in [0, 0.1) is 5.92 Å². The standard InChI is InChI=1S/C12H16N2O2/c1-8(2)10-7-16-12(14-10)9-5-4-6-11(13-9)15-3/h4-6,8,10H,7H2,1-3H3. The predicted octanol–water partition coefficient (Wildman–Crippen LogP) is 1.89. The first kappa shape index (κ1) is 10.9. The van der Waals surface area contributed by atoms with Gasteiger partial charge >= 0.3 is 0 Å². The summed E-state index contributed by atoms with van der Waals surface area (Å²) in [7, 11) is 1.60. The van der Waals surface area contributed by atoms with E-state index in [1.807, 2.05) is 12.1 Å². The Morgan fingerprint density at radius 1 is 1.44 bits per heavy atom. The van der Waals surface area contributed by atoms with Gasteiger partial charge in [0.2, 0.25) is 11.8 Å². The van der Waals surface area contributed by atoms with Gasteiger partial charge < -0.3 is 9.47 Å². The lowest BCUT2D eigenvalue weighted by atomic mass is 10.1. The lowest BCUT2D eigenvalue weighted by molar-refractivity contribution is 0.291. The summed E-state index contributed by atoms with van der Waals surface area (Å²) in [5.74, 6) is 1.69. The van der Waals surface area contributed by atoms with Crippen LogP contribution in [0.25, 0.3) is 0 Å². The number of aliphatic imine (C=N–C) groups is 1. The number of aromatic nitrogens is 1. The molecule has 0 radical (unpaired) electrons. The van der Waals surface area contributed by atoms with Crippen molar-refractivity contribution < 1.29 is 9.47 Å². The molecule has 0 amide bonds. The first-order valence-corrected chi connectivity index (χ1v) is 5.42. The van der Waals surface area contributed by atoms with Crippen molar-refractivity contribution in [2.75, 3.05) is 13.7 Å². The van der Waals surface area contributed by atoms with Crippen LogP contribution in [0.4, 0.5) is 0 Å². The van der Waals surface area contributed by atoms with E-state index in [4.69, 9.17) is 9.47 Å². The number of rotatable bonds is 3. The highest BCUT2D eigenvalue weighted by molar-refractivity contribution is 5.93. The smallest absolute Gasteiger partial charge is 0.235 e. The van der Waals surface area contributed by atoms with Gasteiger partial charge in [-0.25, -0.2) is 9.98 Å². The summed E-state index contributed by atoms with van der Waals surface area (Å²) in [5, 5.41) is 0. The molecule has 0 N–H and O–H groups in total. The van der Waals surface area contributed by atoms with Crippen molar-refractivity contribution >= 4 is 5.90 Å². The molecule has 4 nitrogen and oxygen atoms in total. The molecule has 0 fully saturated rings. The summed E-state index contributed by atoms with van der Waals surface area (Å²) in [5.41, 5.74) is 0.738. The average molecular weight is 220 g/mol. The van der Waals surface area contributed by atoms with Gasteiger partial charge in [0.25, 0.3) is 0 Å². The molecular weight excluding hydrogens is 204 g/mol. The molecule has 0 saturated carbocycles. The van der Waals surface area contributed by atoms with Gasteiger partial charge in [-0.15, -0.1) is 0 Å². The molecule has 0 aliphatic carbocycles. The number of methoxy groups -OCH3 is 1. The van der Waals surface area contributed by atoms with Gasteiger partial charge in [0.15, 0.2) is 0 Å². The minimum atomic E-state index is 0.239. The SMILES string of the molecule is COc1cccc(C2=NC(C(C)C)CO2)n1. The maximum Gasteiger partial charge on any atom is 0.235 e. The Balaban J connectivity index is 2.21. The van der Waals surface area contributed by atoms with Gasteiger partial charge in [0.05, 0.1) is 13.2 Å². The third-order valence-corrected chi connectivity index (χ3v) is 2.60. The highest BCUT2D eigenvalue weighted by atomic mass is 16.5. The van der Waals surface area contributed by atoms with Crippen molar-refractivity contribution in [3.05, 3.63) is 23.9 Å². The Hall–Kier alpha value is -1.58. The van der Waals surface area contributed by atoms with Crippen LogP contribution in [0.1, 0.15) is 19.5 Å². The summed E-state index contributed by atoms with van der Waals surface area (Å²) >= 11 is 0. The average Bonchev–Trinajstić information content (AvgIpc) is 2.78. The number of pyridine rings is 1. The molecule has 1 aromatic rings. The van der Waals surface area contributed by atoms with Gasteiger partial charge in [0.1, 0.15) is 12.3 Å². The number of ether oxygens (including phenoxy) is 2. The molecular formula is C12H16N2O2. The lowest BCUT2D eigenvalue weighted by Crippen LogP contribution is -2.13. The Morgan fingerprint density at radius 3 is 2.88 bits per heavy atom. The fraction of sp³-hybridized carbons (Fsp3) is 0.500. The minimum absolute atomic E-state index is 0.239. The van der Waals surface area contributed by atoms with E-state index < -0.39 is 0 Å². The topological polar surface area (TPSA) is 43.7 Å². The van der Waals surface area contributed by atoms with E-state index in [-0.39, 0.29) is 6.04 Å². The molecule has 1 aliphatic heterocycles. The van der Waals surface area contributed by atoms with Crippen LogP contribution in [0.5, 0.6) is 5.88 Å². The first-order valence-electron chi connectivity index (χ1n) is 5.42. The highest BCUT2D eigenvalue weighted by Crippen LogP contribution is 2.17. The second kappa shape index (κ2) is 4.51. The van der Waals surface area contributed by atoms with Crippen LogP contribution >= 0.6 is 0 Å². The van der Waals surface area contributed by atoms with E-state index in [1.54, 1.807) is 13.2 Å². The summed E-state index contributed by atoms with van der Waals surface area (Å²) in [6.07, 6.45) is 0. The maximum absolute atomic E-state index is 5.54. The van der Waals surface area contributed by atoms with Gasteiger partial charge in [-0.3, -0.25) is 0 Å². The molecule has 1 aliphatic rings. The number of nitrogens with zero attached hydrogens (tertiary/aromatic N) is 2. The maximum atomic E-state index is 5.54. The van der Waals surface area contributed by atoms with E-state index in [0.29, 0.717) is 24.3 Å². The third-order valence-electron chi connectivity index (χ3n) is 2.60.